The fourth-order valence-electron chi connectivity index (χ4n) is 3.39. The molecule has 0 spiro atoms. The Labute approximate surface area is 196 Å². The first kappa shape index (κ1) is 24.6. The molecular weight excluding hydrogens is 452 g/mol. The SMILES string of the molecule is O=C1OCC/C=C/CC/C=C/C(=N/OCC(=O)N2CCOCC2)Cc2c(Cl)c(O)cc(O)c21. The maximum Gasteiger partial charge on any atom is 0.342 e. The van der Waals surface area contributed by atoms with Crippen LogP contribution in [-0.4, -0.2) is 72.2 Å². The smallest absolute Gasteiger partial charge is 0.342 e. The number of morpholine rings is 1. The Bertz CT molecular complexity index is 953. The molecule has 0 atom stereocenters. The average Bonchev–Trinajstić information content (AvgIpc) is 2.80. The highest BCUT2D eigenvalue weighted by Crippen LogP contribution is 2.37. The molecule has 0 bridgehead atoms. The van der Waals surface area contributed by atoms with Gasteiger partial charge in [0.25, 0.3) is 5.91 Å². The predicted molar refractivity (Wildman–Crippen MR) is 122 cm³/mol. The van der Waals surface area contributed by atoms with E-state index in [1.807, 2.05) is 18.2 Å². The molecule has 0 saturated carbocycles. The number of oxime groups is 1. The maximum absolute atomic E-state index is 12.6. The first-order chi connectivity index (χ1) is 16.0. The zero-order chi connectivity index (χ0) is 23.6. The number of benzene rings is 1. The Balaban J connectivity index is 1.86. The van der Waals surface area contributed by atoms with Crippen molar-refractivity contribution < 1.29 is 34.1 Å². The van der Waals surface area contributed by atoms with Crippen molar-refractivity contribution in [3.63, 3.8) is 0 Å². The van der Waals surface area contributed by atoms with Crippen molar-refractivity contribution >= 4 is 29.2 Å². The Morgan fingerprint density at radius 1 is 1.09 bits per heavy atom. The summed E-state index contributed by atoms with van der Waals surface area (Å²) in [6.07, 6.45) is 9.49. The van der Waals surface area contributed by atoms with Gasteiger partial charge in [-0.1, -0.05) is 35.0 Å². The first-order valence-corrected chi connectivity index (χ1v) is 11.1. The Hall–Kier alpha value is -3.04. The summed E-state index contributed by atoms with van der Waals surface area (Å²) in [5.41, 5.74) is 0.356. The number of allylic oxidation sites excluding steroid dienone is 3. The number of halogens is 1. The van der Waals surface area contributed by atoms with Crippen LogP contribution in [0.1, 0.15) is 35.2 Å². The lowest BCUT2D eigenvalue weighted by Crippen LogP contribution is -2.42. The van der Waals surface area contributed by atoms with Gasteiger partial charge in [0.05, 0.1) is 30.6 Å². The molecule has 0 aromatic heterocycles. The molecule has 2 aliphatic rings. The molecule has 1 amide bonds. The van der Waals surface area contributed by atoms with Crippen LogP contribution in [0, 0.1) is 0 Å². The van der Waals surface area contributed by atoms with Gasteiger partial charge in [-0.2, -0.15) is 0 Å². The van der Waals surface area contributed by atoms with E-state index in [1.54, 1.807) is 11.0 Å². The Kier molecular flexibility index (Phi) is 9.14. The van der Waals surface area contributed by atoms with Crippen molar-refractivity contribution in [3.8, 4) is 11.5 Å². The standard InChI is InChI=1S/C23H27ClN2O7/c24-22-17-13-16(25-33-15-20(29)26-8-11-31-12-9-26)7-5-3-1-2-4-6-10-32-23(30)21(17)18(27)14-19(22)28/h2,4-5,7,14,27-28H,1,3,6,8-13,15H2/b4-2+,7-5+,25-16-. The number of carbonyl (C=O) groups excluding carboxylic acids is 2. The van der Waals surface area contributed by atoms with Gasteiger partial charge in [0, 0.05) is 25.6 Å². The minimum atomic E-state index is -0.762. The largest absolute Gasteiger partial charge is 0.507 e. The van der Waals surface area contributed by atoms with Gasteiger partial charge in [-0.25, -0.2) is 4.79 Å². The quantitative estimate of drug-likeness (QED) is 0.389. The van der Waals surface area contributed by atoms with E-state index in [0.29, 0.717) is 38.4 Å². The fourth-order valence-corrected chi connectivity index (χ4v) is 3.61. The number of hydrogen-bond acceptors (Lipinski definition) is 8. The second kappa shape index (κ2) is 12.3. The number of carbonyl (C=O) groups is 2. The predicted octanol–water partition coefficient (Wildman–Crippen LogP) is 2.98. The lowest BCUT2D eigenvalue weighted by Gasteiger charge is -2.26. The highest BCUT2D eigenvalue weighted by atomic mass is 35.5. The highest BCUT2D eigenvalue weighted by molar-refractivity contribution is 6.33. The fraction of sp³-hybridized carbons (Fsp3) is 0.435. The molecule has 0 aliphatic carbocycles. The molecule has 3 rings (SSSR count). The summed E-state index contributed by atoms with van der Waals surface area (Å²) in [5, 5.41) is 24.4. The number of phenolic OH excluding ortho intramolecular Hbond substituents is 2. The van der Waals surface area contributed by atoms with Gasteiger partial charge in [0.15, 0.2) is 6.61 Å². The normalized spacial score (nSPS) is 20.9. The van der Waals surface area contributed by atoms with Crippen LogP contribution in [0.3, 0.4) is 0 Å². The number of hydrogen-bond donors (Lipinski definition) is 2. The molecule has 0 unspecified atom stereocenters. The second-order valence-corrected chi connectivity index (χ2v) is 7.86. The number of rotatable bonds is 3. The highest BCUT2D eigenvalue weighted by Gasteiger charge is 2.24. The van der Waals surface area contributed by atoms with Crippen LogP contribution in [-0.2, 0) is 25.5 Å². The van der Waals surface area contributed by atoms with Crippen LogP contribution in [0.2, 0.25) is 5.02 Å². The van der Waals surface area contributed by atoms with Gasteiger partial charge in [-0.15, -0.1) is 0 Å². The number of esters is 1. The minimum absolute atomic E-state index is 0.0384. The minimum Gasteiger partial charge on any atom is -0.507 e. The van der Waals surface area contributed by atoms with Crippen molar-refractivity contribution in [2.45, 2.75) is 25.7 Å². The summed E-state index contributed by atoms with van der Waals surface area (Å²) in [6.45, 7) is 1.83. The zero-order valence-electron chi connectivity index (χ0n) is 18.2. The zero-order valence-corrected chi connectivity index (χ0v) is 18.9. The summed E-state index contributed by atoms with van der Waals surface area (Å²) >= 11 is 6.28. The van der Waals surface area contributed by atoms with Crippen LogP contribution in [0.15, 0.2) is 35.5 Å². The summed E-state index contributed by atoms with van der Waals surface area (Å²) in [4.78, 5) is 31.9. The van der Waals surface area contributed by atoms with Crippen molar-refractivity contribution in [1.29, 1.82) is 0 Å². The Morgan fingerprint density at radius 3 is 2.61 bits per heavy atom. The number of ether oxygens (including phenoxy) is 2. The average molecular weight is 479 g/mol. The molecular formula is C23H27ClN2O7. The molecule has 9 nitrogen and oxygen atoms in total. The third kappa shape index (κ3) is 6.97. The number of nitrogens with zero attached hydrogens (tertiary/aromatic N) is 2. The summed E-state index contributed by atoms with van der Waals surface area (Å²) < 4.78 is 10.5. The molecule has 2 heterocycles. The molecule has 178 valence electrons. The van der Waals surface area contributed by atoms with Crippen molar-refractivity contribution in [2.75, 3.05) is 39.5 Å². The van der Waals surface area contributed by atoms with Gasteiger partial charge in [-0.3, -0.25) is 4.79 Å². The molecule has 1 aromatic carbocycles. The molecule has 2 aliphatic heterocycles. The van der Waals surface area contributed by atoms with Crippen LogP contribution < -0.4 is 0 Å². The van der Waals surface area contributed by atoms with E-state index >= 15 is 0 Å². The van der Waals surface area contributed by atoms with Gasteiger partial charge < -0.3 is 29.4 Å². The maximum atomic E-state index is 12.6. The number of cyclic esters (lactones) is 1. The molecule has 1 saturated heterocycles. The Morgan fingerprint density at radius 2 is 1.82 bits per heavy atom. The van der Waals surface area contributed by atoms with E-state index in [-0.39, 0.29) is 47.4 Å². The summed E-state index contributed by atoms with van der Waals surface area (Å²) in [5.74, 6) is -1.81. The van der Waals surface area contributed by atoms with E-state index in [9.17, 15) is 19.8 Å². The molecule has 2 N–H and O–H groups in total. The molecule has 1 aromatic rings. The van der Waals surface area contributed by atoms with Gasteiger partial charge >= 0.3 is 5.97 Å². The number of aromatic hydroxyl groups is 2. The van der Waals surface area contributed by atoms with E-state index in [1.165, 1.54) is 0 Å². The van der Waals surface area contributed by atoms with Crippen LogP contribution >= 0.6 is 11.6 Å². The van der Waals surface area contributed by atoms with Crippen molar-refractivity contribution in [3.05, 3.63) is 46.5 Å². The molecule has 1 fully saturated rings. The molecule has 0 radical (unpaired) electrons. The van der Waals surface area contributed by atoms with Gasteiger partial charge in [0.2, 0.25) is 0 Å². The van der Waals surface area contributed by atoms with Crippen LogP contribution in [0.25, 0.3) is 0 Å². The third-order valence-electron chi connectivity index (χ3n) is 5.11. The van der Waals surface area contributed by atoms with E-state index in [4.69, 9.17) is 25.9 Å². The lowest BCUT2D eigenvalue weighted by molar-refractivity contribution is -0.140. The van der Waals surface area contributed by atoms with E-state index in [0.717, 1.165) is 18.9 Å². The van der Waals surface area contributed by atoms with Crippen molar-refractivity contribution in [2.24, 2.45) is 5.16 Å². The molecule has 10 heteroatoms. The third-order valence-corrected chi connectivity index (χ3v) is 5.53. The van der Waals surface area contributed by atoms with Gasteiger partial charge in [0.1, 0.15) is 17.1 Å². The second-order valence-electron chi connectivity index (χ2n) is 7.48. The molecule has 33 heavy (non-hydrogen) atoms. The first-order valence-electron chi connectivity index (χ1n) is 10.7. The van der Waals surface area contributed by atoms with E-state index in [2.05, 4.69) is 5.16 Å². The summed E-state index contributed by atoms with van der Waals surface area (Å²) in [7, 11) is 0. The van der Waals surface area contributed by atoms with Crippen LogP contribution in [0.4, 0.5) is 0 Å². The topological polar surface area (TPSA) is 118 Å². The number of amides is 1. The number of fused-ring (bicyclic) bond motifs is 1. The lowest BCUT2D eigenvalue weighted by atomic mass is 9.99. The van der Waals surface area contributed by atoms with Crippen molar-refractivity contribution in [1.82, 2.24) is 4.90 Å². The summed E-state index contributed by atoms with van der Waals surface area (Å²) in [6, 6.07) is 0.996. The van der Waals surface area contributed by atoms with Gasteiger partial charge in [-0.05, 0) is 30.9 Å². The number of phenols is 2. The monoisotopic (exact) mass is 478 g/mol. The van der Waals surface area contributed by atoms with E-state index < -0.39 is 11.7 Å². The van der Waals surface area contributed by atoms with Crippen LogP contribution in [0.5, 0.6) is 11.5 Å².